The number of carbonyl (C=O) groups excluding carboxylic acids is 3. The molecule has 9 nitrogen and oxygen atoms in total. The van der Waals surface area contributed by atoms with Crippen LogP contribution in [0.25, 0.3) is 0 Å². The maximum Gasteiger partial charge on any atom is 0.408 e. The summed E-state index contributed by atoms with van der Waals surface area (Å²) in [5, 5.41) is 4.09. The lowest BCUT2D eigenvalue weighted by Crippen LogP contribution is -2.60. The predicted molar refractivity (Wildman–Crippen MR) is 120 cm³/mol. The number of ketones is 1. The zero-order chi connectivity index (χ0) is 23.9. The third-order valence-corrected chi connectivity index (χ3v) is 5.45. The molecule has 0 aromatic carbocycles. The Morgan fingerprint density at radius 1 is 1.16 bits per heavy atom. The third kappa shape index (κ3) is 9.97. The molecule has 2 amide bonds. The van der Waals surface area contributed by atoms with Crippen LogP contribution in [0.2, 0.25) is 0 Å². The number of alkyl halides is 3. The van der Waals surface area contributed by atoms with E-state index in [2.05, 4.69) is 10.7 Å². The number of hydrazine groups is 1. The summed E-state index contributed by atoms with van der Waals surface area (Å²) in [6, 6.07) is -1.46. The van der Waals surface area contributed by atoms with E-state index in [4.69, 9.17) is 49.0 Å². The van der Waals surface area contributed by atoms with Crippen molar-refractivity contribution in [3.05, 3.63) is 0 Å². The van der Waals surface area contributed by atoms with E-state index in [0.29, 0.717) is 39.0 Å². The topological polar surface area (TPSA) is 106 Å². The maximum atomic E-state index is 13.3. The van der Waals surface area contributed by atoms with Crippen LogP contribution in [0.3, 0.4) is 0 Å². The molecular formula is C20H32Cl3N3O6. The Hall–Kier alpha value is -0.840. The van der Waals surface area contributed by atoms with Crippen molar-refractivity contribution in [2.75, 3.05) is 26.4 Å². The number of Topliss-reactive ketones (excluding diaryl/α,β-unsaturated/α-hetero) is 1. The van der Waals surface area contributed by atoms with E-state index in [9.17, 15) is 14.4 Å². The van der Waals surface area contributed by atoms with Gasteiger partial charge in [-0.05, 0) is 58.8 Å². The first kappa shape index (κ1) is 27.4. The zero-order valence-corrected chi connectivity index (χ0v) is 20.9. The summed E-state index contributed by atoms with van der Waals surface area (Å²) in [7, 11) is 0. The van der Waals surface area contributed by atoms with E-state index >= 15 is 0 Å². The molecule has 184 valence electrons. The van der Waals surface area contributed by atoms with Crippen LogP contribution >= 0.6 is 34.8 Å². The van der Waals surface area contributed by atoms with Crippen molar-refractivity contribution < 1.29 is 28.6 Å². The first-order chi connectivity index (χ1) is 14.8. The van der Waals surface area contributed by atoms with Crippen molar-refractivity contribution in [3.8, 4) is 0 Å². The molecule has 1 unspecified atom stereocenters. The minimum atomic E-state index is -1.99. The number of carbonyl (C=O) groups is 3. The Morgan fingerprint density at radius 2 is 1.81 bits per heavy atom. The van der Waals surface area contributed by atoms with Gasteiger partial charge < -0.3 is 19.5 Å². The molecule has 2 aliphatic heterocycles. The molecule has 2 heterocycles. The van der Waals surface area contributed by atoms with Crippen LogP contribution in [0.15, 0.2) is 0 Å². The Morgan fingerprint density at radius 3 is 2.41 bits per heavy atom. The largest absolute Gasteiger partial charge is 0.444 e. The van der Waals surface area contributed by atoms with Gasteiger partial charge in [-0.1, -0.05) is 34.8 Å². The highest BCUT2D eigenvalue weighted by molar-refractivity contribution is 6.66. The first-order valence-electron chi connectivity index (χ1n) is 10.7. The molecule has 2 saturated heterocycles. The molecule has 12 heteroatoms. The van der Waals surface area contributed by atoms with E-state index in [1.54, 1.807) is 20.8 Å². The number of alkyl carbamates (subject to hydrolysis) is 1. The molecule has 2 aliphatic rings. The molecule has 0 aromatic rings. The minimum Gasteiger partial charge on any atom is -0.444 e. The lowest BCUT2D eigenvalue weighted by atomic mass is 9.92. The molecule has 0 bridgehead atoms. The van der Waals surface area contributed by atoms with Gasteiger partial charge in [-0.25, -0.2) is 10.2 Å². The second-order valence-electron chi connectivity index (χ2n) is 9.00. The standard InChI is InChI=1S/C20H32Cl3N3O6/c1-19(2,3)32-18(29)24-15(11-13-6-9-30-10-7-13)17(28)26-8-4-5-14(25-26)16(27)12-31-20(21,22)23/h13-15,25H,4-12H2,1-3H3,(H,24,29)/t14-,15?/m0/s1. The molecule has 0 aromatic heterocycles. The van der Waals surface area contributed by atoms with Gasteiger partial charge in [0.2, 0.25) is 0 Å². The summed E-state index contributed by atoms with van der Waals surface area (Å²) >= 11 is 16.6. The molecule has 0 spiro atoms. The Labute approximate surface area is 203 Å². The van der Waals surface area contributed by atoms with Gasteiger partial charge >= 0.3 is 6.09 Å². The van der Waals surface area contributed by atoms with Gasteiger partial charge in [0.15, 0.2) is 5.78 Å². The lowest BCUT2D eigenvalue weighted by Gasteiger charge is -2.36. The number of hydrogen-bond acceptors (Lipinski definition) is 7. The lowest BCUT2D eigenvalue weighted by molar-refractivity contribution is -0.142. The summed E-state index contributed by atoms with van der Waals surface area (Å²) < 4.78 is 13.6. The summed E-state index contributed by atoms with van der Waals surface area (Å²) in [4.78, 5) is 38.1. The molecule has 0 saturated carbocycles. The molecule has 32 heavy (non-hydrogen) atoms. The molecule has 0 aliphatic carbocycles. The summed E-state index contributed by atoms with van der Waals surface area (Å²) in [5.74, 6) is -0.440. The Bertz CT molecular complexity index is 662. The maximum absolute atomic E-state index is 13.3. The van der Waals surface area contributed by atoms with E-state index in [-0.39, 0.29) is 17.6 Å². The van der Waals surface area contributed by atoms with Gasteiger partial charge in [0, 0.05) is 19.8 Å². The van der Waals surface area contributed by atoms with Crippen molar-refractivity contribution in [1.82, 2.24) is 15.8 Å². The highest BCUT2D eigenvalue weighted by atomic mass is 35.6. The quantitative estimate of drug-likeness (QED) is 0.501. The molecule has 2 fully saturated rings. The molecule has 2 atom stereocenters. The van der Waals surface area contributed by atoms with Crippen molar-refractivity contribution in [2.45, 2.75) is 74.5 Å². The minimum absolute atomic E-state index is 0.229. The van der Waals surface area contributed by atoms with Crippen LogP contribution in [0.1, 0.15) is 52.9 Å². The number of amides is 2. The van der Waals surface area contributed by atoms with Gasteiger partial charge in [-0.2, -0.15) is 0 Å². The zero-order valence-electron chi connectivity index (χ0n) is 18.6. The summed E-state index contributed by atoms with van der Waals surface area (Å²) in [5.41, 5.74) is 2.24. The van der Waals surface area contributed by atoms with Crippen LogP contribution in [0.4, 0.5) is 4.79 Å². The van der Waals surface area contributed by atoms with Gasteiger partial charge in [-0.15, -0.1) is 0 Å². The average Bonchev–Trinajstić information content (AvgIpc) is 2.70. The molecule has 0 radical (unpaired) electrons. The van der Waals surface area contributed by atoms with Crippen LogP contribution in [0, 0.1) is 5.92 Å². The normalized spacial score (nSPS) is 21.7. The van der Waals surface area contributed by atoms with Gasteiger partial charge in [0.05, 0.1) is 6.04 Å². The van der Waals surface area contributed by atoms with Gasteiger partial charge in [-0.3, -0.25) is 14.6 Å². The Kier molecular flexibility index (Phi) is 10.3. The summed E-state index contributed by atoms with van der Waals surface area (Å²) in [6.07, 6.45) is 2.51. The molecular weight excluding hydrogens is 485 g/mol. The fourth-order valence-electron chi connectivity index (χ4n) is 3.61. The first-order valence-corrected chi connectivity index (χ1v) is 11.9. The van der Waals surface area contributed by atoms with E-state index in [1.165, 1.54) is 5.01 Å². The van der Waals surface area contributed by atoms with E-state index in [1.807, 2.05) is 0 Å². The summed E-state index contributed by atoms with van der Waals surface area (Å²) in [6.45, 7) is 6.50. The number of nitrogens with zero attached hydrogens (tertiary/aromatic N) is 1. The average molecular weight is 517 g/mol. The fraction of sp³-hybridized carbons (Fsp3) is 0.850. The highest BCUT2D eigenvalue weighted by Gasteiger charge is 2.35. The fourth-order valence-corrected chi connectivity index (χ4v) is 3.77. The predicted octanol–water partition coefficient (Wildman–Crippen LogP) is 3.11. The molecule has 2 rings (SSSR count). The van der Waals surface area contributed by atoms with Crippen LogP contribution < -0.4 is 10.7 Å². The van der Waals surface area contributed by atoms with Crippen LogP contribution in [0.5, 0.6) is 0 Å². The van der Waals surface area contributed by atoms with Crippen molar-refractivity contribution in [2.24, 2.45) is 5.92 Å². The number of hydrogen-bond donors (Lipinski definition) is 2. The van der Waals surface area contributed by atoms with E-state index < -0.39 is 34.4 Å². The third-order valence-electron chi connectivity index (χ3n) is 5.12. The van der Waals surface area contributed by atoms with Gasteiger partial charge in [0.25, 0.3) is 9.89 Å². The molecule has 2 N–H and O–H groups in total. The second-order valence-corrected chi connectivity index (χ2v) is 11.2. The monoisotopic (exact) mass is 515 g/mol. The Balaban J connectivity index is 2.03. The SMILES string of the molecule is CC(C)(C)OC(=O)NC(CC1CCOCC1)C(=O)N1CCC[C@@H](C(=O)COC(Cl)(Cl)Cl)N1. The number of ether oxygens (including phenoxy) is 3. The number of halogens is 3. The smallest absolute Gasteiger partial charge is 0.408 e. The van der Waals surface area contributed by atoms with E-state index in [0.717, 1.165) is 12.8 Å². The highest BCUT2D eigenvalue weighted by Crippen LogP contribution is 2.27. The van der Waals surface area contributed by atoms with Crippen molar-refractivity contribution in [3.63, 3.8) is 0 Å². The second kappa shape index (κ2) is 12.0. The van der Waals surface area contributed by atoms with Gasteiger partial charge in [0.1, 0.15) is 18.2 Å². The van der Waals surface area contributed by atoms with Crippen molar-refractivity contribution in [1.29, 1.82) is 0 Å². The number of rotatable bonds is 7. The van der Waals surface area contributed by atoms with Crippen LogP contribution in [-0.2, 0) is 23.8 Å². The van der Waals surface area contributed by atoms with Crippen molar-refractivity contribution >= 4 is 52.6 Å². The van der Waals surface area contributed by atoms with Crippen LogP contribution in [-0.4, -0.2) is 70.8 Å². The number of nitrogens with one attached hydrogen (secondary N) is 2.